The van der Waals surface area contributed by atoms with Crippen LogP contribution in [0.5, 0.6) is 0 Å². The van der Waals surface area contributed by atoms with Crippen molar-refractivity contribution in [2.75, 3.05) is 34.3 Å². The van der Waals surface area contributed by atoms with Crippen molar-refractivity contribution in [2.45, 2.75) is 20.8 Å². The summed E-state index contributed by atoms with van der Waals surface area (Å²) < 4.78 is 4.70. The molecule has 0 radical (unpaired) electrons. The predicted octanol–water partition coefficient (Wildman–Crippen LogP) is 0.863. The fourth-order valence-corrected chi connectivity index (χ4v) is 2.65. The van der Waals surface area contributed by atoms with Gasteiger partial charge in [-0.3, -0.25) is 4.79 Å². The maximum absolute atomic E-state index is 11.8. The van der Waals surface area contributed by atoms with Crippen LogP contribution in [0.3, 0.4) is 0 Å². The molecule has 0 saturated carbocycles. The maximum Gasteiger partial charge on any atom is 0.345 e. The monoisotopic (exact) mass is 254 g/mol. The van der Waals surface area contributed by atoms with E-state index >= 15 is 0 Å². The molecule has 0 unspecified atom stereocenters. The lowest BCUT2D eigenvalue weighted by atomic mass is 9.89. The van der Waals surface area contributed by atoms with Crippen molar-refractivity contribution in [2.24, 2.45) is 5.41 Å². The van der Waals surface area contributed by atoms with E-state index in [1.165, 1.54) is 14.0 Å². The topological polar surface area (TPSA) is 49.9 Å². The van der Waals surface area contributed by atoms with E-state index in [2.05, 4.69) is 13.8 Å². The van der Waals surface area contributed by atoms with Gasteiger partial charge in [-0.1, -0.05) is 13.8 Å². The van der Waals surface area contributed by atoms with Gasteiger partial charge in [0, 0.05) is 27.2 Å². The number of carbonyl (C=O) groups excluding carboxylic acids is 2. The summed E-state index contributed by atoms with van der Waals surface area (Å²) in [6.07, 6.45) is 0. The number of esters is 1. The molecule has 1 rings (SSSR count). The van der Waals surface area contributed by atoms with Gasteiger partial charge in [0.1, 0.15) is 11.4 Å². The molecule has 1 aliphatic rings. The number of carbonyl (C=O) groups is 2. The lowest BCUT2D eigenvalue weighted by molar-refractivity contribution is -0.138. The average molecular weight is 254 g/mol. The van der Waals surface area contributed by atoms with Gasteiger partial charge in [-0.2, -0.15) is 0 Å². The standard InChI is InChI=1S/C13H22N2O3/c1-9(16)10(12(17)18-6)11-14(4)7-13(2,3)8-15(11)5/h7-8H2,1-6H3. The van der Waals surface area contributed by atoms with E-state index in [9.17, 15) is 9.59 Å². The smallest absolute Gasteiger partial charge is 0.345 e. The van der Waals surface area contributed by atoms with Crippen LogP contribution in [0, 0.1) is 5.41 Å². The number of hydrogen-bond acceptors (Lipinski definition) is 5. The number of ketones is 1. The Labute approximate surface area is 108 Å². The number of ether oxygens (including phenoxy) is 1. The molecule has 0 spiro atoms. The highest BCUT2D eigenvalue weighted by Gasteiger charge is 2.35. The minimum absolute atomic E-state index is 0.116. The summed E-state index contributed by atoms with van der Waals surface area (Å²) in [5.74, 6) is -0.195. The predicted molar refractivity (Wildman–Crippen MR) is 68.8 cm³/mol. The second-order valence-electron chi connectivity index (χ2n) is 5.62. The molecule has 1 saturated heterocycles. The summed E-state index contributed by atoms with van der Waals surface area (Å²) in [6.45, 7) is 7.28. The highest BCUT2D eigenvalue weighted by molar-refractivity contribution is 6.16. The fraction of sp³-hybridized carbons (Fsp3) is 0.692. The maximum atomic E-state index is 11.8. The van der Waals surface area contributed by atoms with Gasteiger partial charge in [0.25, 0.3) is 0 Å². The Morgan fingerprint density at radius 1 is 1.17 bits per heavy atom. The molecule has 0 aromatic carbocycles. The van der Waals surface area contributed by atoms with E-state index < -0.39 is 5.97 Å². The average Bonchev–Trinajstić information content (AvgIpc) is 2.20. The second-order valence-corrected chi connectivity index (χ2v) is 5.62. The van der Waals surface area contributed by atoms with Crippen LogP contribution in [0.2, 0.25) is 0 Å². The SMILES string of the molecule is COC(=O)C(C(C)=O)=C1N(C)CC(C)(C)CN1C. The summed E-state index contributed by atoms with van der Waals surface area (Å²) in [5, 5.41) is 0. The molecule has 0 atom stereocenters. The molecule has 0 amide bonds. The summed E-state index contributed by atoms with van der Waals surface area (Å²) in [6, 6.07) is 0. The molecule has 18 heavy (non-hydrogen) atoms. The molecule has 0 aliphatic carbocycles. The van der Waals surface area contributed by atoms with Crippen LogP contribution in [-0.2, 0) is 14.3 Å². The van der Waals surface area contributed by atoms with Crippen LogP contribution in [-0.4, -0.2) is 55.8 Å². The third-order valence-corrected chi connectivity index (χ3v) is 3.02. The van der Waals surface area contributed by atoms with Crippen LogP contribution < -0.4 is 0 Å². The highest BCUT2D eigenvalue weighted by atomic mass is 16.5. The zero-order chi connectivity index (χ0) is 14.1. The van der Waals surface area contributed by atoms with Crippen molar-refractivity contribution in [3.8, 4) is 0 Å². The first-order valence-corrected chi connectivity index (χ1v) is 5.95. The van der Waals surface area contributed by atoms with Crippen molar-refractivity contribution in [1.29, 1.82) is 0 Å². The quantitative estimate of drug-likeness (QED) is 0.317. The molecular formula is C13H22N2O3. The minimum Gasteiger partial charge on any atom is -0.465 e. The van der Waals surface area contributed by atoms with Crippen molar-refractivity contribution >= 4 is 11.8 Å². The first-order chi connectivity index (χ1) is 8.19. The molecule has 0 N–H and O–H groups in total. The number of nitrogens with zero attached hydrogens (tertiary/aromatic N) is 2. The minimum atomic E-state index is -0.573. The molecule has 102 valence electrons. The third-order valence-electron chi connectivity index (χ3n) is 3.02. The number of Topliss-reactive ketones (excluding diaryl/α,β-unsaturated/α-hetero) is 1. The van der Waals surface area contributed by atoms with Crippen LogP contribution >= 0.6 is 0 Å². The number of rotatable bonds is 2. The number of methoxy groups -OCH3 is 1. The third kappa shape index (κ3) is 2.83. The van der Waals surface area contributed by atoms with Crippen molar-refractivity contribution in [1.82, 2.24) is 9.80 Å². The van der Waals surface area contributed by atoms with E-state index in [-0.39, 0.29) is 16.8 Å². The highest BCUT2D eigenvalue weighted by Crippen LogP contribution is 2.29. The molecule has 1 fully saturated rings. The molecule has 0 bridgehead atoms. The van der Waals surface area contributed by atoms with Gasteiger partial charge in [0.2, 0.25) is 0 Å². The summed E-state index contributed by atoms with van der Waals surface area (Å²) in [4.78, 5) is 27.3. The van der Waals surface area contributed by atoms with Crippen LogP contribution in [0.15, 0.2) is 11.4 Å². The Morgan fingerprint density at radius 2 is 1.61 bits per heavy atom. The fourth-order valence-electron chi connectivity index (χ4n) is 2.65. The number of hydrogen-bond donors (Lipinski definition) is 0. The second kappa shape index (κ2) is 5.00. The summed E-state index contributed by atoms with van der Waals surface area (Å²) >= 11 is 0. The van der Waals surface area contributed by atoms with E-state index in [1.54, 1.807) is 0 Å². The van der Waals surface area contributed by atoms with Gasteiger partial charge in [0.15, 0.2) is 5.78 Å². The van der Waals surface area contributed by atoms with Gasteiger partial charge in [-0.15, -0.1) is 0 Å². The Morgan fingerprint density at radius 3 is 1.94 bits per heavy atom. The first kappa shape index (κ1) is 14.5. The Kier molecular flexibility index (Phi) is 4.04. The molecule has 0 aromatic heterocycles. The Bertz CT molecular complexity index is 383. The van der Waals surface area contributed by atoms with E-state index in [0.29, 0.717) is 5.82 Å². The van der Waals surface area contributed by atoms with Crippen LogP contribution in [0.25, 0.3) is 0 Å². The summed E-state index contributed by atoms with van der Waals surface area (Å²) in [5.41, 5.74) is 0.239. The summed E-state index contributed by atoms with van der Waals surface area (Å²) in [7, 11) is 5.07. The zero-order valence-corrected chi connectivity index (χ0v) is 12.0. The van der Waals surface area contributed by atoms with Crippen molar-refractivity contribution in [3.05, 3.63) is 11.4 Å². The molecule has 0 aromatic rings. The molecule has 5 heteroatoms. The molecule has 1 aliphatic heterocycles. The van der Waals surface area contributed by atoms with Gasteiger partial charge < -0.3 is 14.5 Å². The van der Waals surface area contributed by atoms with Gasteiger partial charge >= 0.3 is 5.97 Å². The van der Waals surface area contributed by atoms with Crippen molar-refractivity contribution in [3.63, 3.8) is 0 Å². The van der Waals surface area contributed by atoms with E-state index in [1.807, 2.05) is 23.9 Å². The normalized spacial score (nSPS) is 18.7. The lowest BCUT2D eigenvalue weighted by Gasteiger charge is -2.45. The first-order valence-electron chi connectivity index (χ1n) is 5.95. The molecular weight excluding hydrogens is 232 g/mol. The Balaban J connectivity index is 3.25. The Hall–Kier alpha value is -1.52. The zero-order valence-electron chi connectivity index (χ0n) is 12.0. The van der Waals surface area contributed by atoms with Gasteiger partial charge in [-0.05, 0) is 12.3 Å². The van der Waals surface area contributed by atoms with Crippen molar-refractivity contribution < 1.29 is 14.3 Å². The molecule has 1 heterocycles. The lowest BCUT2D eigenvalue weighted by Crippen LogP contribution is -2.50. The van der Waals surface area contributed by atoms with Crippen LogP contribution in [0.4, 0.5) is 0 Å². The van der Waals surface area contributed by atoms with E-state index in [0.717, 1.165) is 13.1 Å². The van der Waals surface area contributed by atoms with Gasteiger partial charge in [0.05, 0.1) is 7.11 Å². The van der Waals surface area contributed by atoms with Crippen LogP contribution in [0.1, 0.15) is 20.8 Å². The van der Waals surface area contributed by atoms with Gasteiger partial charge in [-0.25, -0.2) is 4.79 Å². The largest absolute Gasteiger partial charge is 0.465 e. The van der Waals surface area contributed by atoms with E-state index in [4.69, 9.17) is 4.74 Å². The molecule has 5 nitrogen and oxygen atoms in total.